The minimum absolute atomic E-state index is 0.0787. The molecule has 0 saturated heterocycles. The van der Waals surface area contributed by atoms with Crippen molar-refractivity contribution < 1.29 is 17.9 Å². The molecule has 0 heterocycles. The fourth-order valence-corrected chi connectivity index (χ4v) is 3.04. The third-order valence-corrected chi connectivity index (χ3v) is 5.31. The number of hydrogen-bond donors (Lipinski definition) is 0. The average molecular weight is 282 g/mol. The van der Waals surface area contributed by atoms with Gasteiger partial charge in [0.15, 0.2) is 9.84 Å². The third-order valence-electron chi connectivity index (χ3n) is 3.56. The minimum Gasteiger partial charge on any atom is -0.465 e. The van der Waals surface area contributed by atoms with Gasteiger partial charge >= 0.3 is 5.97 Å². The van der Waals surface area contributed by atoms with Crippen LogP contribution in [0.4, 0.5) is 0 Å². The van der Waals surface area contributed by atoms with Crippen LogP contribution in [0.2, 0.25) is 0 Å². The highest BCUT2D eigenvalue weighted by Crippen LogP contribution is 2.49. The van der Waals surface area contributed by atoms with Gasteiger partial charge in [-0.1, -0.05) is 19.1 Å². The van der Waals surface area contributed by atoms with Gasteiger partial charge in [-0.2, -0.15) is 0 Å². The molecule has 1 saturated carbocycles. The number of ether oxygens (including phenoxy) is 1. The first-order valence-corrected chi connectivity index (χ1v) is 8.12. The highest BCUT2D eigenvalue weighted by atomic mass is 32.2. The monoisotopic (exact) mass is 282 g/mol. The molecule has 2 rings (SSSR count). The molecule has 1 fully saturated rings. The zero-order chi connectivity index (χ0) is 14.1. The van der Waals surface area contributed by atoms with E-state index in [1.165, 1.54) is 0 Å². The smallest absolute Gasteiger partial charge is 0.316 e. The molecule has 1 aliphatic rings. The molecular formula is C14H18O4S. The van der Waals surface area contributed by atoms with E-state index < -0.39 is 15.3 Å². The zero-order valence-corrected chi connectivity index (χ0v) is 12.0. The number of sulfone groups is 1. The third kappa shape index (κ3) is 2.52. The van der Waals surface area contributed by atoms with Gasteiger partial charge in [-0.15, -0.1) is 0 Å². The number of carbonyl (C=O) groups excluding carboxylic acids is 1. The molecule has 0 spiro atoms. The molecule has 1 aliphatic carbocycles. The first-order chi connectivity index (χ1) is 8.96. The highest BCUT2D eigenvalue weighted by Gasteiger charge is 2.52. The molecule has 104 valence electrons. The van der Waals surface area contributed by atoms with Crippen LogP contribution in [-0.2, 0) is 24.8 Å². The van der Waals surface area contributed by atoms with Crippen molar-refractivity contribution in [1.82, 2.24) is 0 Å². The Morgan fingerprint density at radius 1 is 1.21 bits per heavy atom. The van der Waals surface area contributed by atoms with Crippen molar-refractivity contribution in [1.29, 1.82) is 0 Å². The van der Waals surface area contributed by atoms with Crippen molar-refractivity contribution >= 4 is 15.8 Å². The van der Waals surface area contributed by atoms with E-state index in [1.807, 2.05) is 0 Å². The summed E-state index contributed by atoms with van der Waals surface area (Å²) in [6.45, 7) is 3.76. The van der Waals surface area contributed by atoms with E-state index >= 15 is 0 Å². The average Bonchev–Trinajstić information content (AvgIpc) is 3.21. The predicted molar refractivity (Wildman–Crippen MR) is 71.7 cm³/mol. The summed E-state index contributed by atoms with van der Waals surface area (Å²) in [4.78, 5) is 12.2. The van der Waals surface area contributed by atoms with Gasteiger partial charge in [0.05, 0.1) is 22.7 Å². The lowest BCUT2D eigenvalue weighted by Gasteiger charge is -2.14. The van der Waals surface area contributed by atoms with E-state index in [0.717, 1.165) is 18.4 Å². The van der Waals surface area contributed by atoms with Crippen LogP contribution >= 0.6 is 0 Å². The second kappa shape index (κ2) is 4.96. The molecule has 0 bridgehead atoms. The molecule has 0 radical (unpaired) electrons. The van der Waals surface area contributed by atoms with Gasteiger partial charge in [0.1, 0.15) is 0 Å². The Bertz CT molecular complexity index is 568. The van der Waals surface area contributed by atoms with Gasteiger partial charge in [-0.25, -0.2) is 8.42 Å². The Morgan fingerprint density at radius 2 is 1.79 bits per heavy atom. The summed E-state index contributed by atoms with van der Waals surface area (Å²) in [5.74, 6) is -0.129. The Kier molecular flexibility index (Phi) is 3.67. The molecule has 1 aromatic rings. The van der Waals surface area contributed by atoms with Crippen LogP contribution in [0.1, 0.15) is 32.3 Å². The largest absolute Gasteiger partial charge is 0.465 e. The molecule has 0 amide bonds. The van der Waals surface area contributed by atoms with Crippen molar-refractivity contribution in [2.24, 2.45) is 0 Å². The number of carbonyl (C=O) groups is 1. The molecule has 0 N–H and O–H groups in total. The molecule has 0 unspecified atom stereocenters. The van der Waals surface area contributed by atoms with Crippen LogP contribution in [0.3, 0.4) is 0 Å². The topological polar surface area (TPSA) is 60.4 Å². The SMILES string of the molecule is CCOC(=O)C1(c2ccc(S(=O)(=O)CC)cc2)CC1. The van der Waals surface area contributed by atoms with Crippen LogP contribution in [0, 0.1) is 0 Å². The quantitative estimate of drug-likeness (QED) is 0.776. The van der Waals surface area contributed by atoms with E-state index in [-0.39, 0.29) is 11.7 Å². The molecule has 4 nitrogen and oxygen atoms in total. The molecule has 0 aromatic heterocycles. The van der Waals surface area contributed by atoms with E-state index in [1.54, 1.807) is 38.1 Å². The van der Waals surface area contributed by atoms with Crippen molar-refractivity contribution in [2.75, 3.05) is 12.4 Å². The van der Waals surface area contributed by atoms with Crippen molar-refractivity contribution in [2.45, 2.75) is 37.0 Å². The highest BCUT2D eigenvalue weighted by molar-refractivity contribution is 7.91. The maximum atomic E-state index is 11.9. The summed E-state index contributed by atoms with van der Waals surface area (Å²) in [6, 6.07) is 6.61. The molecule has 0 atom stereocenters. The van der Waals surface area contributed by atoms with Gasteiger partial charge in [-0.3, -0.25) is 4.79 Å². The van der Waals surface area contributed by atoms with E-state index in [0.29, 0.717) is 11.5 Å². The van der Waals surface area contributed by atoms with Gasteiger partial charge in [-0.05, 0) is 37.5 Å². The van der Waals surface area contributed by atoms with E-state index in [4.69, 9.17) is 4.74 Å². The predicted octanol–water partition coefficient (Wildman–Crippen LogP) is 2.07. The number of benzene rings is 1. The fraction of sp³-hybridized carbons (Fsp3) is 0.500. The molecule has 0 aliphatic heterocycles. The van der Waals surface area contributed by atoms with Crippen LogP contribution in [0.15, 0.2) is 29.2 Å². The summed E-state index contributed by atoms with van der Waals surface area (Å²) in [5, 5.41) is 0. The van der Waals surface area contributed by atoms with Crippen molar-refractivity contribution in [3.05, 3.63) is 29.8 Å². The normalized spacial score (nSPS) is 16.9. The maximum absolute atomic E-state index is 11.9. The summed E-state index contributed by atoms with van der Waals surface area (Å²) in [5.41, 5.74) is 0.311. The Morgan fingerprint density at radius 3 is 2.21 bits per heavy atom. The van der Waals surface area contributed by atoms with E-state index in [9.17, 15) is 13.2 Å². The van der Waals surface area contributed by atoms with Crippen LogP contribution in [0.5, 0.6) is 0 Å². The van der Waals surface area contributed by atoms with Gasteiger partial charge in [0.2, 0.25) is 0 Å². The maximum Gasteiger partial charge on any atom is 0.316 e. The summed E-state index contributed by atoms with van der Waals surface area (Å²) < 4.78 is 28.5. The van der Waals surface area contributed by atoms with E-state index in [2.05, 4.69) is 0 Å². The lowest BCUT2D eigenvalue weighted by atomic mass is 9.96. The second-order valence-corrected chi connectivity index (χ2v) is 7.01. The second-order valence-electron chi connectivity index (χ2n) is 4.73. The summed E-state index contributed by atoms with van der Waals surface area (Å²) in [6.07, 6.45) is 1.54. The zero-order valence-electron chi connectivity index (χ0n) is 11.2. The first-order valence-electron chi connectivity index (χ1n) is 6.47. The van der Waals surface area contributed by atoms with Crippen LogP contribution in [-0.4, -0.2) is 26.7 Å². The molecule has 1 aromatic carbocycles. The summed E-state index contributed by atoms with van der Waals surface area (Å²) in [7, 11) is -3.19. The lowest BCUT2D eigenvalue weighted by Crippen LogP contribution is -2.23. The Hall–Kier alpha value is -1.36. The Labute approximate surface area is 113 Å². The minimum atomic E-state index is -3.19. The number of rotatable bonds is 5. The standard InChI is InChI=1S/C14H18O4S/c1-3-18-13(15)14(9-10-14)11-5-7-12(8-6-11)19(16,17)4-2/h5-8H,3-4,9-10H2,1-2H3. The van der Waals surface area contributed by atoms with Crippen molar-refractivity contribution in [3.8, 4) is 0 Å². The molecular weight excluding hydrogens is 264 g/mol. The Balaban J connectivity index is 2.27. The van der Waals surface area contributed by atoms with Gasteiger partial charge in [0.25, 0.3) is 0 Å². The lowest BCUT2D eigenvalue weighted by molar-refractivity contribution is -0.146. The molecule has 5 heteroatoms. The molecule has 19 heavy (non-hydrogen) atoms. The van der Waals surface area contributed by atoms with Gasteiger partial charge < -0.3 is 4.74 Å². The van der Waals surface area contributed by atoms with Gasteiger partial charge in [0, 0.05) is 0 Å². The number of hydrogen-bond acceptors (Lipinski definition) is 4. The summed E-state index contributed by atoms with van der Waals surface area (Å²) >= 11 is 0. The number of esters is 1. The van der Waals surface area contributed by atoms with Crippen LogP contribution in [0.25, 0.3) is 0 Å². The fourth-order valence-electron chi connectivity index (χ4n) is 2.15. The first kappa shape index (κ1) is 14.1. The van der Waals surface area contributed by atoms with Crippen LogP contribution < -0.4 is 0 Å². The van der Waals surface area contributed by atoms with Crippen molar-refractivity contribution in [3.63, 3.8) is 0 Å².